The molecule has 0 aliphatic rings. The van der Waals surface area contributed by atoms with Gasteiger partial charge in [0.2, 0.25) is 0 Å². The maximum absolute atomic E-state index is 11.3. The lowest BCUT2D eigenvalue weighted by molar-refractivity contribution is 0.0696. The summed E-state index contributed by atoms with van der Waals surface area (Å²) in [5, 5.41) is 9.24. The van der Waals surface area contributed by atoms with Gasteiger partial charge in [-0.3, -0.25) is 0 Å². The van der Waals surface area contributed by atoms with Crippen LogP contribution in [-0.4, -0.2) is 11.1 Å². The summed E-state index contributed by atoms with van der Waals surface area (Å²) in [6.07, 6.45) is 2.75. The van der Waals surface area contributed by atoms with Crippen LogP contribution in [0.4, 0.5) is 0 Å². The Balaban J connectivity index is 1.54. The second-order valence-electron chi connectivity index (χ2n) is 6.73. The Morgan fingerprint density at radius 3 is 2.30 bits per heavy atom. The van der Waals surface area contributed by atoms with E-state index in [-0.39, 0.29) is 0 Å². The van der Waals surface area contributed by atoms with E-state index in [1.807, 2.05) is 49.4 Å². The predicted octanol–water partition coefficient (Wildman–Crippen LogP) is 5.45. The molecule has 138 valence electrons. The van der Waals surface area contributed by atoms with Crippen LogP contribution < -0.4 is 4.74 Å². The zero-order valence-electron chi connectivity index (χ0n) is 15.5. The van der Waals surface area contributed by atoms with Gasteiger partial charge in [-0.05, 0) is 66.6 Å². The molecule has 27 heavy (non-hydrogen) atoms. The van der Waals surface area contributed by atoms with Gasteiger partial charge in [0.05, 0.1) is 5.56 Å². The van der Waals surface area contributed by atoms with E-state index >= 15 is 0 Å². The SMILES string of the molecule is Cc1ccc(CCCc2cccc(OCc3ccccc3)c2)cc1C(=O)O. The number of aryl methyl sites for hydroxylation is 3. The number of carboxylic acids is 1. The summed E-state index contributed by atoms with van der Waals surface area (Å²) in [5.74, 6) is 0.0115. The molecule has 0 radical (unpaired) electrons. The Labute approximate surface area is 160 Å². The number of carbonyl (C=O) groups is 1. The minimum absolute atomic E-state index is 0.392. The van der Waals surface area contributed by atoms with Gasteiger partial charge in [0.15, 0.2) is 0 Å². The fourth-order valence-corrected chi connectivity index (χ4v) is 3.08. The molecule has 0 amide bonds. The van der Waals surface area contributed by atoms with Crippen molar-refractivity contribution < 1.29 is 14.6 Å². The molecule has 0 aliphatic heterocycles. The highest BCUT2D eigenvalue weighted by atomic mass is 16.5. The average Bonchev–Trinajstić information content (AvgIpc) is 2.68. The molecule has 3 aromatic rings. The Morgan fingerprint density at radius 1 is 0.852 bits per heavy atom. The minimum atomic E-state index is -0.863. The molecule has 3 nitrogen and oxygen atoms in total. The number of rotatable bonds is 8. The van der Waals surface area contributed by atoms with Crippen molar-refractivity contribution >= 4 is 5.97 Å². The van der Waals surface area contributed by atoms with Gasteiger partial charge in [-0.15, -0.1) is 0 Å². The number of aromatic carboxylic acids is 1. The van der Waals surface area contributed by atoms with Crippen LogP contribution in [0.5, 0.6) is 5.75 Å². The molecule has 0 heterocycles. The van der Waals surface area contributed by atoms with E-state index in [4.69, 9.17) is 4.74 Å². The average molecular weight is 360 g/mol. The molecule has 0 atom stereocenters. The molecular formula is C24H24O3. The van der Waals surface area contributed by atoms with Crippen molar-refractivity contribution in [2.45, 2.75) is 32.8 Å². The number of hydrogen-bond acceptors (Lipinski definition) is 2. The Kier molecular flexibility index (Phi) is 6.26. The van der Waals surface area contributed by atoms with Gasteiger partial charge in [0, 0.05) is 0 Å². The van der Waals surface area contributed by atoms with Gasteiger partial charge < -0.3 is 9.84 Å². The number of carboxylic acid groups (broad SMARTS) is 1. The van der Waals surface area contributed by atoms with E-state index in [2.05, 4.69) is 24.3 Å². The number of benzene rings is 3. The van der Waals surface area contributed by atoms with Crippen LogP contribution in [-0.2, 0) is 19.4 Å². The maximum Gasteiger partial charge on any atom is 0.335 e. The summed E-state index contributed by atoms with van der Waals surface area (Å²) in [6.45, 7) is 2.39. The Bertz CT molecular complexity index is 901. The molecule has 0 aliphatic carbocycles. The van der Waals surface area contributed by atoms with Crippen LogP contribution in [0.2, 0.25) is 0 Å². The van der Waals surface area contributed by atoms with E-state index in [1.54, 1.807) is 6.07 Å². The number of ether oxygens (including phenoxy) is 1. The largest absolute Gasteiger partial charge is 0.489 e. The molecule has 0 saturated heterocycles. The molecule has 0 saturated carbocycles. The zero-order chi connectivity index (χ0) is 19.1. The van der Waals surface area contributed by atoms with Crippen LogP contribution in [0.25, 0.3) is 0 Å². The molecule has 0 spiro atoms. The van der Waals surface area contributed by atoms with Gasteiger partial charge in [-0.2, -0.15) is 0 Å². The van der Waals surface area contributed by atoms with Crippen molar-refractivity contribution in [3.8, 4) is 5.75 Å². The first-order valence-electron chi connectivity index (χ1n) is 9.20. The van der Waals surface area contributed by atoms with Crippen LogP contribution >= 0.6 is 0 Å². The van der Waals surface area contributed by atoms with Gasteiger partial charge in [0.1, 0.15) is 12.4 Å². The molecule has 0 unspecified atom stereocenters. The van der Waals surface area contributed by atoms with Crippen LogP contribution in [0.15, 0.2) is 72.8 Å². The fraction of sp³-hybridized carbons (Fsp3) is 0.208. The maximum atomic E-state index is 11.3. The second-order valence-corrected chi connectivity index (χ2v) is 6.73. The van der Waals surface area contributed by atoms with Crippen LogP contribution in [0.1, 0.15) is 39.0 Å². The van der Waals surface area contributed by atoms with E-state index in [9.17, 15) is 9.90 Å². The highest BCUT2D eigenvalue weighted by Crippen LogP contribution is 2.18. The quantitative estimate of drug-likeness (QED) is 0.581. The van der Waals surface area contributed by atoms with Crippen molar-refractivity contribution in [1.29, 1.82) is 0 Å². The van der Waals surface area contributed by atoms with E-state index in [0.717, 1.165) is 41.7 Å². The van der Waals surface area contributed by atoms with Crippen molar-refractivity contribution in [3.05, 3.63) is 101 Å². The first-order chi connectivity index (χ1) is 13.1. The van der Waals surface area contributed by atoms with E-state index in [0.29, 0.717) is 12.2 Å². The van der Waals surface area contributed by atoms with Crippen molar-refractivity contribution in [2.75, 3.05) is 0 Å². The molecular weight excluding hydrogens is 336 g/mol. The summed E-state index contributed by atoms with van der Waals surface area (Å²) in [4.78, 5) is 11.3. The topological polar surface area (TPSA) is 46.5 Å². The van der Waals surface area contributed by atoms with Gasteiger partial charge in [-0.1, -0.05) is 54.6 Å². The van der Waals surface area contributed by atoms with E-state index < -0.39 is 5.97 Å². The molecule has 0 fully saturated rings. The van der Waals surface area contributed by atoms with E-state index in [1.165, 1.54) is 5.56 Å². The summed E-state index contributed by atoms with van der Waals surface area (Å²) in [5.41, 5.74) is 4.63. The monoisotopic (exact) mass is 360 g/mol. The van der Waals surface area contributed by atoms with Crippen LogP contribution in [0.3, 0.4) is 0 Å². The minimum Gasteiger partial charge on any atom is -0.489 e. The Morgan fingerprint density at radius 2 is 1.56 bits per heavy atom. The first-order valence-corrected chi connectivity index (χ1v) is 9.20. The number of hydrogen-bond donors (Lipinski definition) is 1. The molecule has 3 heteroatoms. The predicted molar refractivity (Wildman–Crippen MR) is 107 cm³/mol. The molecule has 0 bridgehead atoms. The third-order valence-corrected chi connectivity index (χ3v) is 4.61. The third kappa shape index (κ3) is 5.45. The molecule has 1 N–H and O–H groups in total. The lowest BCUT2D eigenvalue weighted by Crippen LogP contribution is -2.01. The standard InChI is InChI=1S/C24H24O3/c1-18-13-14-20(16-23(18)24(25)26)10-5-9-19-11-6-12-22(15-19)27-17-21-7-3-2-4-8-21/h2-4,6-8,11-16H,5,9-10,17H2,1H3,(H,25,26). The summed E-state index contributed by atoms with van der Waals surface area (Å²) >= 11 is 0. The smallest absolute Gasteiger partial charge is 0.335 e. The van der Waals surface area contributed by atoms with Crippen molar-refractivity contribution in [1.82, 2.24) is 0 Å². The van der Waals surface area contributed by atoms with Gasteiger partial charge >= 0.3 is 5.97 Å². The lowest BCUT2D eigenvalue weighted by atomic mass is 10.00. The highest BCUT2D eigenvalue weighted by molar-refractivity contribution is 5.89. The van der Waals surface area contributed by atoms with Gasteiger partial charge in [-0.25, -0.2) is 4.79 Å². The molecule has 3 rings (SSSR count). The molecule has 0 aromatic heterocycles. The zero-order valence-corrected chi connectivity index (χ0v) is 15.5. The lowest BCUT2D eigenvalue weighted by Gasteiger charge is -2.09. The van der Waals surface area contributed by atoms with Gasteiger partial charge in [0.25, 0.3) is 0 Å². The first kappa shape index (κ1) is 18.7. The van der Waals surface area contributed by atoms with Crippen molar-refractivity contribution in [2.24, 2.45) is 0 Å². The fourth-order valence-electron chi connectivity index (χ4n) is 3.08. The summed E-state index contributed by atoms with van der Waals surface area (Å²) < 4.78 is 5.89. The second kappa shape index (κ2) is 9.04. The summed E-state index contributed by atoms with van der Waals surface area (Å²) in [7, 11) is 0. The summed E-state index contributed by atoms with van der Waals surface area (Å²) in [6, 6.07) is 24.0. The normalized spacial score (nSPS) is 10.6. The third-order valence-electron chi connectivity index (χ3n) is 4.61. The highest BCUT2D eigenvalue weighted by Gasteiger charge is 2.08. The Hall–Kier alpha value is -3.07. The molecule has 3 aromatic carbocycles. The van der Waals surface area contributed by atoms with Crippen molar-refractivity contribution in [3.63, 3.8) is 0 Å². The van der Waals surface area contributed by atoms with Crippen LogP contribution in [0, 0.1) is 6.92 Å².